The SMILES string of the molecule is COc1cc(-c2ccc(N=C(O)c3cc4ccccc4c(N=Nc4cc(S(=O)(=O)O)cc(Cl)c4O)c3[O-])c(OC)c2)ccc1N=C(O)c1cc2ccccc2c(N=Nc2cc(S(=O)(=O)O)cc(Cl)c2O)c1[O-].[Na+].[Na+]. The summed E-state index contributed by atoms with van der Waals surface area (Å²) in [6, 6.07) is 28.3. The number of fused-ring (bicyclic) bond motifs is 2. The molecular formula is C48H32Cl2N6Na2O14S2. The summed E-state index contributed by atoms with van der Waals surface area (Å²) < 4.78 is 77.4. The number of phenols is 2. The molecule has 0 fully saturated rings. The van der Waals surface area contributed by atoms with Crippen LogP contribution in [0.25, 0.3) is 32.7 Å². The Labute approximate surface area is 474 Å². The third kappa shape index (κ3) is 11.9. The zero-order valence-corrected chi connectivity index (χ0v) is 45.9. The first-order valence-corrected chi connectivity index (χ1v) is 24.0. The van der Waals surface area contributed by atoms with Crippen LogP contribution >= 0.6 is 23.2 Å². The van der Waals surface area contributed by atoms with Gasteiger partial charge in [-0.25, -0.2) is 9.98 Å². The van der Waals surface area contributed by atoms with Gasteiger partial charge in [0, 0.05) is 21.9 Å². The number of aromatic hydroxyl groups is 2. The number of benzene rings is 8. The number of aliphatic imine (C=N–C) groups is 2. The molecular weight excluding hydrogens is 1070 g/mol. The van der Waals surface area contributed by atoms with E-state index >= 15 is 0 Å². The molecule has 74 heavy (non-hydrogen) atoms. The fourth-order valence-corrected chi connectivity index (χ4v) is 8.79. The molecule has 0 aliphatic heterocycles. The summed E-state index contributed by atoms with van der Waals surface area (Å²) in [7, 11) is -6.84. The summed E-state index contributed by atoms with van der Waals surface area (Å²) in [5.41, 5.74) is -0.953. The van der Waals surface area contributed by atoms with Gasteiger partial charge in [0.05, 0.1) is 45.4 Å². The molecule has 0 amide bonds. The van der Waals surface area contributed by atoms with E-state index in [1.807, 2.05) is 0 Å². The smallest absolute Gasteiger partial charge is 0.870 e. The molecule has 8 aromatic rings. The second-order valence-electron chi connectivity index (χ2n) is 15.2. The van der Waals surface area contributed by atoms with Crippen LogP contribution in [-0.4, -0.2) is 72.4 Å². The van der Waals surface area contributed by atoms with Gasteiger partial charge in [0.25, 0.3) is 20.2 Å². The number of azo groups is 2. The summed E-state index contributed by atoms with van der Waals surface area (Å²) in [6.45, 7) is 0. The van der Waals surface area contributed by atoms with Crippen molar-refractivity contribution in [2.45, 2.75) is 9.79 Å². The van der Waals surface area contributed by atoms with Crippen LogP contribution in [0, 0.1) is 0 Å². The third-order valence-corrected chi connectivity index (χ3v) is 13.0. The predicted molar refractivity (Wildman–Crippen MR) is 264 cm³/mol. The van der Waals surface area contributed by atoms with Crippen LogP contribution in [0.2, 0.25) is 10.0 Å². The maximum absolute atomic E-state index is 13.9. The van der Waals surface area contributed by atoms with Gasteiger partial charge >= 0.3 is 59.1 Å². The summed E-state index contributed by atoms with van der Waals surface area (Å²) in [4.78, 5) is 7.19. The number of phenolic OH excluding ortho intramolecular Hbond substituents is 2. The minimum Gasteiger partial charge on any atom is -0.870 e. The van der Waals surface area contributed by atoms with Crippen molar-refractivity contribution in [3.05, 3.63) is 142 Å². The maximum Gasteiger partial charge on any atom is 1.00 e. The van der Waals surface area contributed by atoms with E-state index in [0.717, 1.165) is 24.3 Å². The number of aliphatic hydroxyl groups is 2. The van der Waals surface area contributed by atoms with E-state index in [4.69, 9.17) is 32.7 Å². The number of ether oxygens (including phenoxy) is 2. The maximum atomic E-state index is 13.9. The quantitative estimate of drug-likeness (QED) is 0.0286. The monoisotopic (exact) mass is 1100 g/mol. The summed E-state index contributed by atoms with van der Waals surface area (Å²) in [5, 5.41) is 87.6. The number of rotatable bonds is 13. The van der Waals surface area contributed by atoms with Gasteiger partial charge in [0.1, 0.15) is 34.2 Å². The van der Waals surface area contributed by atoms with Crippen molar-refractivity contribution < 1.29 is 125 Å². The molecule has 8 rings (SSSR count). The Morgan fingerprint density at radius 3 is 1.23 bits per heavy atom. The molecule has 0 spiro atoms. The summed E-state index contributed by atoms with van der Waals surface area (Å²) in [6.07, 6.45) is 0. The molecule has 0 aromatic heterocycles. The molecule has 0 radical (unpaired) electrons. The third-order valence-electron chi connectivity index (χ3n) is 10.7. The Balaban J connectivity index is 0.00000446. The molecule has 26 heteroatoms. The van der Waals surface area contributed by atoms with Crippen LogP contribution in [0.1, 0.15) is 11.1 Å². The molecule has 0 saturated carbocycles. The van der Waals surface area contributed by atoms with E-state index in [1.165, 1.54) is 38.5 Å². The van der Waals surface area contributed by atoms with E-state index in [2.05, 4.69) is 30.4 Å². The molecule has 0 unspecified atom stereocenters. The molecule has 0 aliphatic carbocycles. The second-order valence-corrected chi connectivity index (χ2v) is 18.8. The molecule has 0 heterocycles. The van der Waals surface area contributed by atoms with E-state index in [9.17, 15) is 56.6 Å². The Hall–Kier alpha value is -6.38. The van der Waals surface area contributed by atoms with Gasteiger partial charge in [-0.2, -0.15) is 27.1 Å². The van der Waals surface area contributed by atoms with Crippen LogP contribution in [0.3, 0.4) is 0 Å². The van der Waals surface area contributed by atoms with Gasteiger partial charge in [-0.1, -0.05) is 95.4 Å². The van der Waals surface area contributed by atoms with Crippen LogP contribution in [0.5, 0.6) is 34.5 Å². The molecule has 6 N–H and O–H groups in total. The van der Waals surface area contributed by atoms with Crippen molar-refractivity contribution in [2.24, 2.45) is 30.4 Å². The average Bonchev–Trinajstić information content (AvgIpc) is 3.34. The minimum atomic E-state index is -4.77. The van der Waals surface area contributed by atoms with Gasteiger partial charge in [0.2, 0.25) is 11.8 Å². The van der Waals surface area contributed by atoms with Crippen molar-refractivity contribution in [1.82, 2.24) is 0 Å². The first-order chi connectivity index (χ1) is 34.2. The average molecular weight is 1100 g/mol. The van der Waals surface area contributed by atoms with Crippen LogP contribution < -0.4 is 78.8 Å². The first kappa shape index (κ1) is 56.9. The fraction of sp³-hybridized carbons (Fsp3) is 0.0417. The molecule has 0 bridgehead atoms. The fourth-order valence-electron chi connectivity index (χ4n) is 7.18. The van der Waals surface area contributed by atoms with Crippen LogP contribution in [0.15, 0.2) is 162 Å². The van der Waals surface area contributed by atoms with E-state index in [1.54, 1.807) is 72.8 Å². The van der Waals surface area contributed by atoms with Gasteiger partial charge in [-0.15, -0.1) is 10.2 Å². The van der Waals surface area contributed by atoms with Crippen molar-refractivity contribution in [2.75, 3.05) is 14.2 Å². The van der Waals surface area contributed by atoms with Crippen molar-refractivity contribution in [3.8, 4) is 45.6 Å². The number of aliphatic hydroxyl groups excluding tert-OH is 2. The van der Waals surface area contributed by atoms with Gasteiger partial charge in [0.15, 0.2) is 11.5 Å². The zero-order chi connectivity index (χ0) is 51.8. The number of nitrogens with zero attached hydrogens (tertiary/aromatic N) is 6. The number of hydrogen-bond acceptors (Lipinski definition) is 16. The van der Waals surface area contributed by atoms with Gasteiger partial charge < -0.3 is 40.1 Å². The Kier molecular flexibility index (Phi) is 17.7. The molecule has 0 aliphatic rings. The summed E-state index contributed by atoms with van der Waals surface area (Å²) in [5.74, 6) is -4.25. The van der Waals surface area contributed by atoms with E-state index in [0.29, 0.717) is 21.9 Å². The topological polar surface area (TPSA) is 328 Å². The molecule has 0 saturated heterocycles. The molecule has 8 aromatic carbocycles. The van der Waals surface area contributed by atoms with E-state index < -0.39 is 86.2 Å². The Morgan fingerprint density at radius 2 is 0.878 bits per heavy atom. The van der Waals surface area contributed by atoms with Crippen molar-refractivity contribution >= 4 is 111 Å². The molecule has 0 atom stereocenters. The Morgan fingerprint density at radius 1 is 0.514 bits per heavy atom. The molecule has 366 valence electrons. The standard InChI is InChI=1S/C48H34Cl2N6O14S2.2Na/c1-69-39-17-23(11-13-35(39)51-47(61)31-15-25-7-3-5-9-29(25)41(43(31)57)55-53-37-21-27(71(63,64)65)19-33(49)45(37)59)24-12-14-36(40(18-24)70-2)52-48(62)32-16-26-8-4-6-10-30(26)42(44(32)58)56-54-38-22-28(72(66,67)68)20-34(50)46(38)60;;/h3-22,57-60H,1-2H3,(H,51,61)(H,52,62)(H,63,64,65)(H,66,67,68);;/q;2*+1/p-2. The largest absolute Gasteiger partial charge is 1.00 e. The van der Waals surface area contributed by atoms with Crippen LogP contribution in [-0.2, 0) is 20.2 Å². The Bertz CT molecular complexity index is 3670. The first-order valence-electron chi connectivity index (χ1n) is 20.4. The second kappa shape index (κ2) is 23.0. The predicted octanol–water partition coefficient (Wildman–Crippen LogP) is 5.15. The van der Waals surface area contributed by atoms with Gasteiger partial charge in [-0.05, 0) is 82.6 Å². The van der Waals surface area contributed by atoms with Crippen molar-refractivity contribution in [3.63, 3.8) is 0 Å². The molecule has 20 nitrogen and oxygen atoms in total. The minimum absolute atomic E-state index is 0. The summed E-state index contributed by atoms with van der Waals surface area (Å²) >= 11 is 11.9. The number of hydrogen-bond donors (Lipinski definition) is 6. The van der Waals surface area contributed by atoms with Crippen LogP contribution in [0.4, 0.5) is 34.1 Å². The normalized spacial score (nSPS) is 12.3. The van der Waals surface area contributed by atoms with Gasteiger partial charge in [-0.3, -0.25) is 9.11 Å². The zero-order valence-electron chi connectivity index (χ0n) is 38.8. The van der Waals surface area contributed by atoms with Crippen molar-refractivity contribution in [1.29, 1.82) is 0 Å². The number of halogens is 2. The number of methoxy groups -OCH3 is 2. The van der Waals surface area contributed by atoms with E-state index in [-0.39, 0.29) is 115 Å².